The van der Waals surface area contributed by atoms with E-state index in [-0.39, 0.29) is 11.9 Å². The molecule has 0 aliphatic heterocycles. The lowest BCUT2D eigenvalue weighted by Crippen LogP contribution is -2.38. The first-order valence-corrected chi connectivity index (χ1v) is 5.34. The van der Waals surface area contributed by atoms with E-state index in [0.717, 1.165) is 12.0 Å². The SMILES string of the molecule is CCC(CN)NC(=O)C#Cc1ccccc1. The van der Waals surface area contributed by atoms with Crippen molar-refractivity contribution in [2.24, 2.45) is 5.73 Å². The minimum atomic E-state index is -0.277. The van der Waals surface area contributed by atoms with Gasteiger partial charge in [-0.25, -0.2) is 0 Å². The summed E-state index contributed by atoms with van der Waals surface area (Å²) < 4.78 is 0. The van der Waals surface area contributed by atoms with Crippen molar-refractivity contribution in [2.45, 2.75) is 19.4 Å². The first kappa shape index (κ1) is 12.3. The second-order valence-electron chi connectivity index (χ2n) is 3.43. The summed E-state index contributed by atoms with van der Waals surface area (Å²) in [6, 6.07) is 9.42. The van der Waals surface area contributed by atoms with Crippen LogP contribution in [-0.4, -0.2) is 18.5 Å². The number of rotatable bonds is 3. The third-order valence-corrected chi connectivity index (χ3v) is 2.21. The lowest BCUT2D eigenvalue weighted by atomic mass is 10.2. The van der Waals surface area contributed by atoms with Gasteiger partial charge >= 0.3 is 0 Å². The number of carbonyl (C=O) groups excluding carboxylic acids is 1. The molecule has 0 saturated heterocycles. The standard InChI is InChI=1S/C13H16N2O/c1-2-12(10-14)15-13(16)9-8-11-6-4-3-5-7-11/h3-7,12H,2,10,14H2,1H3,(H,15,16). The van der Waals surface area contributed by atoms with Crippen LogP contribution in [0.1, 0.15) is 18.9 Å². The van der Waals surface area contributed by atoms with Crippen molar-refractivity contribution in [2.75, 3.05) is 6.54 Å². The topological polar surface area (TPSA) is 55.1 Å². The number of benzene rings is 1. The van der Waals surface area contributed by atoms with Crippen molar-refractivity contribution >= 4 is 5.91 Å². The Kier molecular flexibility index (Phi) is 5.10. The van der Waals surface area contributed by atoms with E-state index in [1.165, 1.54) is 0 Å². The molecule has 0 aromatic heterocycles. The summed E-state index contributed by atoms with van der Waals surface area (Å²) in [5, 5.41) is 2.75. The third-order valence-electron chi connectivity index (χ3n) is 2.21. The molecule has 1 aromatic rings. The summed E-state index contributed by atoms with van der Waals surface area (Å²) in [5.41, 5.74) is 6.31. The van der Waals surface area contributed by atoms with Crippen molar-refractivity contribution in [3.8, 4) is 11.8 Å². The molecule has 0 saturated carbocycles. The second kappa shape index (κ2) is 6.65. The van der Waals surface area contributed by atoms with Gasteiger partial charge < -0.3 is 11.1 Å². The van der Waals surface area contributed by atoms with Crippen LogP contribution in [0.3, 0.4) is 0 Å². The molecule has 16 heavy (non-hydrogen) atoms. The van der Waals surface area contributed by atoms with E-state index < -0.39 is 0 Å². The van der Waals surface area contributed by atoms with Crippen molar-refractivity contribution in [1.29, 1.82) is 0 Å². The van der Waals surface area contributed by atoms with Crippen LogP contribution in [-0.2, 0) is 4.79 Å². The second-order valence-corrected chi connectivity index (χ2v) is 3.43. The summed E-state index contributed by atoms with van der Waals surface area (Å²) in [6.07, 6.45) is 0.815. The predicted octanol–water partition coefficient (Wildman–Crippen LogP) is 0.892. The molecule has 1 unspecified atom stereocenters. The van der Waals surface area contributed by atoms with Gasteiger partial charge in [0.05, 0.1) is 0 Å². The fraction of sp³-hybridized carbons (Fsp3) is 0.308. The van der Waals surface area contributed by atoms with Gasteiger partial charge in [-0.1, -0.05) is 31.0 Å². The van der Waals surface area contributed by atoms with Crippen LogP contribution in [0.5, 0.6) is 0 Å². The maximum Gasteiger partial charge on any atom is 0.296 e. The van der Waals surface area contributed by atoms with Gasteiger partial charge in [-0.05, 0) is 18.6 Å². The minimum absolute atomic E-state index is 0.0116. The van der Waals surface area contributed by atoms with E-state index in [9.17, 15) is 4.79 Å². The van der Waals surface area contributed by atoms with Gasteiger partial charge in [0.25, 0.3) is 5.91 Å². The molecule has 1 rings (SSSR count). The van der Waals surface area contributed by atoms with E-state index in [0.29, 0.717) is 6.54 Å². The maximum atomic E-state index is 11.4. The number of amides is 1. The molecule has 0 aliphatic rings. The zero-order valence-corrected chi connectivity index (χ0v) is 9.36. The number of nitrogens with two attached hydrogens (primary N) is 1. The van der Waals surface area contributed by atoms with Crippen LogP contribution in [0.15, 0.2) is 30.3 Å². The first-order chi connectivity index (χ1) is 7.76. The summed E-state index contributed by atoms with van der Waals surface area (Å²) in [6.45, 7) is 2.41. The van der Waals surface area contributed by atoms with Crippen molar-refractivity contribution in [1.82, 2.24) is 5.32 Å². The fourth-order valence-electron chi connectivity index (χ4n) is 1.20. The van der Waals surface area contributed by atoms with E-state index in [4.69, 9.17) is 5.73 Å². The van der Waals surface area contributed by atoms with Crippen LogP contribution in [0.4, 0.5) is 0 Å². The highest BCUT2D eigenvalue weighted by Crippen LogP contribution is 1.94. The van der Waals surface area contributed by atoms with Gasteiger partial charge in [-0.2, -0.15) is 0 Å². The molecule has 0 radical (unpaired) electrons. The summed E-state index contributed by atoms with van der Waals surface area (Å²) in [7, 11) is 0. The van der Waals surface area contributed by atoms with Crippen LogP contribution in [0.25, 0.3) is 0 Å². The largest absolute Gasteiger partial charge is 0.341 e. The molecule has 1 aromatic carbocycles. The Morgan fingerprint density at radius 2 is 2.12 bits per heavy atom. The summed E-state index contributed by atoms with van der Waals surface area (Å²) >= 11 is 0. The van der Waals surface area contributed by atoms with E-state index in [1.807, 2.05) is 37.3 Å². The number of hydrogen-bond donors (Lipinski definition) is 2. The van der Waals surface area contributed by atoms with Crippen LogP contribution in [0.2, 0.25) is 0 Å². The minimum Gasteiger partial charge on any atom is -0.341 e. The average Bonchev–Trinajstić information content (AvgIpc) is 2.34. The normalized spacial score (nSPS) is 11.1. The van der Waals surface area contributed by atoms with Gasteiger partial charge in [-0.15, -0.1) is 0 Å². The molecule has 0 spiro atoms. The molecule has 1 atom stereocenters. The van der Waals surface area contributed by atoms with Gasteiger partial charge in [0.15, 0.2) is 0 Å². The van der Waals surface area contributed by atoms with Gasteiger partial charge in [0, 0.05) is 24.1 Å². The molecule has 3 heteroatoms. The first-order valence-electron chi connectivity index (χ1n) is 5.34. The Morgan fingerprint density at radius 3 is 2.69 bits per heavy atom. The molecule has 84 valence electrons. The molecular weight excluding hydrogens is 200 g/mol. The smallest absolute Gasteiger partial charge is 0.296 e. The quantitative estimate of drug-likeness (QED) is 0.737. The van der Waals surface area contributed by atoms with E-state index in [2.05, 4.69) is 17.2 Å². The molecule has 1 amide bonds. The molecule has 0 aliphatic carbocycles. The molecule has 0 bridgehead atoms. The lowest BCUT2D eigenvalue weighted by Gasteiger charge is -2.11. The van der Waals surface area contributed by atoms with Gasteiger partial charge in [0.1, 0.15) is 0 Å². The van der Waals surface area contributed by atoms with Crippen LogP contribution in [0, 0.1) is 11.8 Å². The third kappa shape index (κ3) is 4.16. The molecule has 0 heterocycles. The van der Waals surface area contributed by atoms with Crippen molar-refractivity contribution < 1.29 is 4.79 Å². The highest BCUT2D eigenvalue weighted by molar-refractivity contribution is 5.94. The van der Waals surface area contributed by atoms with Gasteiger partial charge in [-0.3, -0.25) is 4.79 Å². The van der Waals surface area contributed by atoms with Crippen LogP contribution < -0.4 is 11.1 Å². The van der Waals surface area contributed by atoms with Gasteiger partial charge in [0.2, 0.25) is 0 Å². The Balaban J connectivity index is 2.55. The zero-order chi connectivity index (χ0) is 11.8. The highest BCUT2D eigenvalue weighted by atomic mass is 16.1. The average molecular weight is 216 g/mol. The Morgan fingerprint density at radius 1 is 1.44 bits per heavy atom. The summed E-state index contributed by atoms with van der Waals surface area (Å²) in [5.74, 6) is 5.06. The maximum absolute atomic E-state index is 11.4. The predicted molar refractivity (Wildman–Crippen MR) is 64.6 cm³/mol. The highest BCUT2D eigenvalue weighted by Gasteiger charge is 2.04. The Hall–Kier alpha value is -1.79. The number of nitrogens with one attached hydrogen (secondary N) is 1. The number of carbonyl (C=O) groups is 1. The molecule has 0 fully saturated rings. The van der Waals surface area contributed by atoms with Crippen molar-refractivity contribution in [3.63, 3.8) is 0 Å². The zero-order valence-electron chi connectivity index (χ0n) is 9.36. The lowest BCUT2D eigenvalue weighted by molar-refractivity contribution is -0.116. The number of hydrogen-bond acceptors (Lipinski definition) is 2. The Bertz CT molecular complexity index is 385. The van der Waals surface area contributed by atoms with Crippen molar-refractivity contribution in [3.05, 3.63) is 35.9 Å². The van der Waals surface area contributed by atoms with E-state index in [1.54, 1.807) is 0 Å². The fourth-order valence-corrected chi connectivity index (χ4v) is 1.20. The monoisotopic (exact) mass is 216 g/mol. The molecule has 3 N–H and O–H groups in total. The molecule has 3 nitrogen and oxygen atoms in total. The van der Waals surface area contributed by atoms with Crippen LogP contribution >= 0.6 is 0 Å². The molecular formula is C13H16N2O. The summed E-state index contributed by atoms with van der Waals surface area (Å²) in [4.78, 5) is 11.4. The Labute approximate surface area is 96.0 Å². The van der Waals surface area contributed by atoms with E-state index >= 15 is 0 Å².